The average molecular weight is 268 g/mol. The molecule has 1 rings (SSSR count). The fourth-order valence-electron chi connectivity index (χ4n) is 1.93. The van der Waals surface area contributed by atoms with Gasteiger partial charge >= 0.3 is 0 Å². The molecule has 0 radical (unpaired) electrons. The number of benzene rings is 1. The highest BCUT2D eigenvalue weighted by Gasteiger charge is 2.10. The number of nitrogens with zero attached hydrogens (tertiary/aromatic N) is 1. The number of likely N-dealkylation sites (N-methyl/N-ethyl adjacent to an activating group) is 1. The minimum atomic E-state index is -0.282. The van der Waals surface area contributed by atoms with Crippen molar-refractivity contribution in [2.24, 2.45) is 0 Å². The second kappa shape index (κ2) is 8.88. The lowest BCUT2D eigenvalue weighted by atomic mass is 10.2. The van der Waals surface area contributed by atoms with Gasteiger partial charge in [0.1, 0.15) is 6.61 Å². The molecule has 19 heavy (non-hydrogen) atoms. The topological polar surface area (TPSA) is 24.5 Å². The quantitative estimate of drug-likeness (QED) is 0.745. The standard InChI is InChI=1S/C15H25FN2O/c1-4-17-12-13-8-7-9-14(16)15(13)19-11-10-18(5-2)6-3/h7-9,17H,4-6,10-12H2,1-3H3. The summed E-state index contributed by atoms with van der Waals surface area (Å²) in [4.78, 5) is 2.25. The maximum absolute atomic E-state index is 13.8. The van der Waals surface area contributed by atoms with E-state index in [0.29, 0.717) is 18.9 Å². The molecule has 0 fully saturated rings. The van der Waals surface area contributed by atoms with Crippen molar-refractivity contribution in [2.45, 2.75) is 27.3 Å². The lowest BCUT2D eigenvalue weighted by Crippen LogP contribution is -2.28. The zero-order chi connectivity index (χ0) is 14.1. The van der Waals surface area contributed by atoms with Gasteiger partial charge in [0.25, 0.3) is 0 Å². The summed E-state index contributed by atoms with van der Waals surface area (Å²) in [5.41, 5.74) is 0.876. The predicted octanol–water partition coefficient (Wildman–Crippen LogP) is 2.66. The van der Waals surface area contributed by atoms with Crippen LogP contribution in [0.4, 0.5) is 4.39 Å². The number of rotatable bonds is 9. The van der Waals surface area contributed by atoms with Gasteiger partial charge in [-0.2, -0.15) is 0 Å². The number of hydrogen-bond acceptors (Lipinski definition) is 3. The van der Waals surface area contributed by atoms with Gasteiger partial charge < -0.3 is 15.0 Å². The minimum Gasteiger partial charge on any atom is -0.489 e. The van der Waals surface area contributed by atoms with Gasteiger partial charge in [0.05, 0.1) is 0 Å². The molecule has 1 aromatic carbocycles. The van der Waals surface area contributed by atoms with Gasteiger partial charge in [0, 0.05) is 18.7 Å². The molecule has 0 heterocycles. The van der Waals surface area contributed by atoms with Crippen molar-refractivity contribution in [1.82, 2.24) is 10.2 Å². The van der Waals surface area contributed by atoms with Crippen molar-refractivity contribution >= 4 is 0 Å². The minimum absolute atomic E-state index is 0.282. The fraction of sp³-hybridized carbons (Fsp3) is 0.600. The Morgan fingerprint density at radius 1 is 1.21 bits per heavy atom. The third-order valence-corrected chi connectivity index (χ3v) is 3.16. The van der Waals surface area contributed by atoms with E-state index in [9.17, 15) is 4.39 Å². The molecule has 1 N–H and O–H groups in total. The van der Waals surface area contributed by atoms with Gasteiger partial charge in [-0.1, -0.05) is 32.9 Å². The van der Waals surface area contributed by atoms with Crippen molar-refractivity contribution in [3.8, 4) is 5.75 Å². The van der Waals surface area contributed by atoms with Crippen molar-refractivity contribution in [3.63, 3.8) is 0 Å². The van der Waals surface area contributed by atoms with Gasteiger partial charge in [-0.25, -0.2) is 4.39 Å². The van der Waals surface area contributed by atoms with E-state index in [4.69, 9.17) is 4.74 Å². The summed E-state index contributed by atoms with van der Waals surface area (Å²) < 4.78 is 19.4. The van der Waals surface area contributed by atoms with Crippen LogP contribution < -0.4 is 10.1 Å². The van der Waals surface area contributed by atoms with E-state index in [-0.39, 0.29) is 5.82 Å². The number of halogens is 1. The Kier molecular flexibility index (Phi) is 7.45. The molecule has 0 saturated carbocycles. The van der Waals surface area contributed by atoms with Gasteiger partial charge in [-0.3, -0.25) is 0 Å². The first-order chi connectivity index (χ1) is 9.22. The first-order valence-corrected chi connectivity index (χ1v) is 7.06. The van der Waals surface area contributed by atoms with Crippen molar-refractivity contribution in [3.05, 3.63) is 29.6 Å². The van der Waals surface area contributed by atoms with Gasteiger partial charge in [-0.15, -0.1) is 0 Å². The Balaban J connectivity index is 2.60. The SMILES string of the molecule is CCNCc1cccc(F)c1OCCN(CC)CC. The molecule has 0 spiro atoms. The molecule has 1 aromatic rings. The number of hydrogen-bond donors (Lipinski definition) is 1. The zero-order valence-corrected chi connectivity index (χ0v) is 12.2. The van der Waals surface area contributed by atoms with E-state index >= 15 is 0 Å². The highest BCUT2D eigenvalue weighted by atomic mass is 19.1. The van der Waals surface area contributed by atoms with E-state index < -0.39 is 0 Å². The van der Waals surface area contributed by atoms with Crippen LogP contribution in [0.25, 0.3) is 0 Å². The van der Waals surface area contributed by atoms with Gasteiger partial charge in [0.2, 0.25) is 0 Å². The van der Waals surface area contributed by atoms with E-state index in [2.05, 4.69) is 24.1 Å². The second-order valence-corrected chi connectivity index (χ2v) is 4.38. The molecule has 108 valence electrons. The molecule has 0 saturated heterocycles. The molecule has 0 amide bonds. The molecule has 3 nitrogen and oxygen atoms in total. The fourth-order valence-corrected chi connectivity index (χ4v) is 1.93. The third kappa shape index (κ3) is 5.17. The third-order valence-electron chi connectivity index (χ3n) is 3.16. The molecule has 0 aliphatic rings. The van der Waals surface area contributed by atoms with E-state index in [0.717, 1.165) is 31.7 Å². The van der Waals surface area contributed by atoms with Crippen LogP contribution in [0.5, 0.6) is 5.75 Å². The van der Waals surface area contributed by atoms with Gasteiger partial charge in [0.15, 0.2) is 11.6 Å². The van der Waals surface area contributed by atoms with Gasteiger partial charge in [-0.05, 0) is 25.7 Å². The highest BCUT2D eigenvalue weighted by molar-refractivity contribution is 5.34. The van der Waals surface area contributed by atoms with E-state index in [1.807, 2.05) is 13.0 Å². The van der Waals surface area contributed by atoms with Crippen LogP contribution in [0, 0.1) is 5.82 Å². The Labute approximate surface area is 115 Å². The smallest absolute Gasteiger partial charge is 0.165 e. The molecular weight excluding hydrogens is 243 g/mol. The Hall–Kier alpha value is -1.13. The first-order valence-electron chi connectivity index (χ1n) is 7.06. The summed E-state index contributed by atoms with van der Waals surface area (Å²) >= 11 is 0. The number of para-hydroxylation sites is 1. The Bertz CT molecular complexity index is 367. The summed E-state index contributed by atoms with van der Waals surface area (Å²) in [6, 6.07) is 5.07. The normalized spacial score (nSPS) is 11.0. The zero-order valence-electron chi connectivity index (χ0n) is 12.2. The summed E-state index contributed by atoms with van der Waals surface area (Å²) in [5.74, 6) is 0.102. The maximum Gasteiger partial charge on any atom is 0.165 e. The molecular formula is C15H25FN2O. The first kappa shape index (κ1) is 15.9. The molecule has 0 aliphatic carbocycles. The van der Waals surface area contributed by atoms with Crippen LogP contribution in [0.2, 0.25) is 0 Å². The summed E-state index contributed by atoms with van der Waals surface area (Å²) in [6.07, 6.45) is 0. The molecule has 0 aliphatic heterocycles. The van der Waals surface area contributed by atoms with Crippen LogP contribution >= 0.6 is 0 Å². The lowest BCUT2D eigenvalue weighted by molar-refractivity contribution is 0.216. The summed E-state index contributed by atoms with van der Waals surface area (Å²) in [5, 5.41) is 3.20. The largest absolute Gasteiger partial charge is 0.489 e. The molecule has 0 unspecified atom stereocenters. The molecule has 0 atom stereocenters. The number of nitrogens with one attached hydrogen (secondary N) is 1. The summed E-state index contributed by atoms with van der Waals surface area (Å²) in [7, 11) is 0. The predicted molar refractivity (Wildman–Crippen MR) is 77.1 cm³/mol. The second-order valence-electron chi connectivity index (χ2n) is 4.38. The monoisotopic (exact) mass is 268 g/mol. The molecule has 0 bridgehead atoms. The van der Waals surface area contributed by atoms with Crippen molar-refractivity contribution in [1.29, 1.82) is 0 Å². The Morgan fingerprint density at radius 3 is 2.58 bits per heavy atom. The summed E-state index contributed by atoms with van der Waals surface area (Å²) in [6.45, 7) is 11.1. The van der Waals surface area contributed by atoms with Crippen LogP contribution in [0.15, 0.2) is 18.2 Å². The van der Waals surface area contributed by atoms with Crippen molar-refractivity contribution in [2.75, 3.05) is 32.8 Å². The van der Waals surface area contributed by atoms with Crippen LogP contribution in [0.3, 0.4) is 0 Å². The van der Waals surface area contributed by atoms with Crippen molar-refractivity contribution < 1.29 is 9.13 Å². The van der Waals surface area contributed by atoms with Crippen LogP contribution in [0.1, 0.15) is 26.3 Å². The highest BCUT2D eigenvalue weighted by Crippen LogP contribution is 2.22. The van der Waals surface area contributed by atoms with Crippen LogP contribution in [-0.2, 0) is 6.54 Å². The molecule has 4 heteroatoms. The maximum atomic E-state index is 13.8. The number of ether oxygens (including phenoxy) is 1. The van der Waals surface area contributed by atoms with E-state index in [1.54, 1.807) is 6.07 Å². The lowest BCUT2D eigenvalue weighted by Gasteiger charge is -2.19. The molecule has 0 aromatic heterocycles. The van der Waals surface area contributed by atoms with Crippen LogP contribution in [-0.4, -0.2) is 37.7 Å². The average Bonchev–Trinajstić information content (AvgIpc) is 2.43. The van der Waals surface area contributed by atoms with E-state index in [1.165, 1.54) is 6.07 Å². The Morgan fingerprint density at radius 2 is 1.95 bits per heavy atom.